The molecule has 0 bridgehead atoms. The predicted octanol–water partition coefficient (Wildman–Crippen LogP) is 3.15. The third kappa shape index (κ3) is 2.00. The lowest BCUT2D eigenvalue weighted by atomic mass is 10.2. The number of amides is 1. The molecule has 1 N–H and O–H groups in total. The second-order valence-corrected chi connectivity index (χ2v) is 5.55. The van der Waals surface area contributed by atoms with Crippen LogP contribution in [0.25, 0.3) is 11.0 Å². The van der Waals surface area contributed by atoms with Gasteiger partial charge < -0.3 is 9.88 Å². The van der Waals surface area contributed by atoms with Gasteiger partial charge in [0, 0.05) is 17.6 Å². The zero-order chi connectivity index (χ0) is 13.6. The Morgan fingerprint density at radius 3 is 3.00 bits per heavy atom. The van der Waals surface area contributed by atoms with E-state index in [0.717, 1.165) is 36.0 Å². The van der Waals surface area contributed by atoms with E-state index in [0.29, 0.717) is 16.9 Å². The van der Waals surface area contributed by atoms with Gasteiger partial charge >= 0.3 is 0 Å². The van der Waals surface area contributed by atoms with Crippen LogP contribution in [0.15, 0.2) is 12.1 Å². The summed E-state index contributed by atoms with van der Waals surface area (Å²) in [6, 6.07) is 3.98. The number of carbonyl (C=O) groups is 1. The van der Waals surface area contributed by atoms with Crippen molar-refractivity contribution in [3.63, 3.8) is 0 Å². The maximum atomic E-state index is 12.4. The number of rotatable bonds is 1. The van der Waals surface area contributed by atoms with Crippen LogP contribution in [0.5, 0.6) is 0 Å². The number of aromatic amines is 1. The van der Waals surface area contributed by atoms with E-state index in [-0.39, 0.29) is 5.91 Å². The lowest BCUT2D eigenvalue weighted by Gasteiger charge is -2.19. The van der Waals surface area contributed by atoms with Gasteiger partial charge in [0.2, 0.25) is 0 Å². The fourth-order valence-electron chi connectivity index (χ4n) is 2.66. The van der Waals surface area contributed by atoms with Gasteiger partial charge in [-0.05, 0) is 44.4 Å². The van der Waals surface area contributed by atoms with E-state index < -0.39 is 0 Å². The van der Waals surface area contributed by atoms with Gasteiger partial charge in [0.05, 0.1) is 11.0 Å². The smallest absolute Gasteiger partial charge is 0.289 e. The molecule has 1 atom stereocenters. The van der Waals surface area contributed by atoms with E-state index in [1.54, 1.807) is 0 Å². The molecule has 4 nitrogen and oxygen atoms in total. The van der Waals surface area contributed by atoms with Crippen LogP contribution in [-0.4, -0.2) is 33.4 Å². The number of H-pyrrole nitrogens is 1. The summed E-state index contributed by atoms with van der Waals surface area (Å²) in [7, 11) is 0. The maximum Gasteiger partial charge on any atom is 0.289 e. The second kappa shape index (κ2) is 4.53. The van der Waals surface area contributed by atoms with Crippen molar-refractivity contribution in [2.45, 2.75) is 32.7 Å². The minimum Gasteiger partial charge on any atom is -0.334 e. The molecule has 1 fully saturated rings. The molecule has 0 radical (unpaired) electrons. The Balaban J connectivity index is 2.02. The average Bonchev–Trinajstić information content (AvgIpc) is 2.99. The molecule has 5 heteroatoms. The van der Waals surface area contributed by atoms with Crippen LogP contribution in [0, 0.1) is 6.92 Å². The molecule has 1 amide bonds. The van der Waals surface area contributed by atoms with Crippen molar-refractivity contribution in [2.24, 2.45) is 0 Å². The molecular weight excluding hydrogens is 262 g/mol. The van der Waals surface area contributed by atoms with Crippen molar-refractivity contribution < 1.29 is 4.79 Å². The van der Waals surface area contributed by atoms with Crippen molar-refractivity contribution in [3.8, 4) is 0 Å². The van der Waals surface area contributed by atoms with Crippen molar-refractivity contribution in [1.82, 2.24) is 14.9 Å². The number of halogens is 1. The van der Waals surface area contributed by atoms with Crippen LogP contribution in [0.4, 0.5) is 0 Å². The van der Waals surface area contributed by atoms with Gasteiger partial charge in [0.1, 0.15) is 0 Å². The van der Waals surface area contributed by atoms with Gasteiger partial charge in [-0.1, -0.05) is 11.6 Å². The van der Waals surface area contributed by atoms with Crippen molar-refractivity contribution in [2.75, 3.05) is 6.54 Å². The molecule has 100 valence electrons. The predicted molar refractivity (Wildman–Crippen MR) is 75.6 cm³/mol. The van der Waals surface area contributed by atoms with Crippen LogP contribution in [0.3, 0.4) is 0 Å². The van der Waals surface area contributed by atoms with E-state index >= 15 is 0 Å². The van der Waals surface area contributed by atoms with Crippen LogP contribution in [-0.2, 0) is 0 Å². The number of fused-ring (bicyclic) bond motifs is 1. The summed E-state index contributed by atoms with van der Waals surface area (Å²) in [5, 5.41) is 0.674. The van der Waals surface area contributed by atoms with Gasteiger partial charge in [-0.3, -0.25) is 4.79 Å². The van der Waals surface area contributed by atoms with E-state index in [2.05, 4.69) is 16.9 Å². The van der Waals surface area contributed by atoms with Crippen LogP contribution < -0.4 is 0 Å². The Morgan fingerprint density at radius 1 is 1.53 bits per heavy atom. The Labute approximate surface area is 116 Å². The Hall–Kier alpha value is -1.55. The van der Waals surface area contributed by atoms with Crippen molar-refractivity contribution in [3.05, 3.63) is 28.5 Å². The first-order chi connectivity index (χ1) is 9.08. The SMILES string of the molecule is Cc1c(Cl)ccc2[nH]c(C(=O)N3CCCC3C)nc12. The third-order valence-corrected chi connectivity index (χ3v) is 4.27. The van der Waals surface area contributed by atoms with Gasteiger partial charge in [-0.2, -0.15) is 0 Å². The highest BCUT2D eigenvalue weighted by Gasteiger charge is 2.28. The number of benzene rings is 1. The highest BCUT2D eigenvalue weighted by molar-refractivity contribution is 6.32. The molecular formula is C14H16ClN3O. The Morgan fingerprint density at radius 2 is 2.32 bits per heavy atom. The summed E-state index contributed by atoms with van der Waals surface area (Å²) in [4.78, 5) is 21.8. The monoisotopic (exact) mass is 277 g/mol. The number of likely N-dealkylation sites (tertiary alicyclic amines) is 1. The largest absolute Gasteiger partial charge is 0.334 e. The number of imidazole rings is 1. The first-order valence-electron chi connectivity index (χ1n) is 6.53. The minimum absolute atomic E-state index is 0.0169. The first kappa shape index (κ1) is 12.5. The maximum absolute atomic E-state index is 12.4. The number of hydrogen-bond donors (Lipinski definition) is 1. The number of aryl methyl sites for hydroxylation is 1. The molecule has 1 saturated heterocycles. The molecule has 1 aromatic heterocycles. The van der Waals surface area contributed by atoms with Gasteiger partial charge in [-0.25, -0.2) is 4.98 Å². The van der Waals surface area contributed by atoms with Gasteiger partial charge in [0.15, 0.2) is 5.82 Å². The zero-order valence-electron chi connectivity index (χ0n) is 11.0. The van der Waals surface area contributed by atoms with Crippen molar-refractivity contribution >= 4 is 28.5 Å². The van der Waals surface area contributed by atoms with Crippen LogP contribution in [0.1, 0.15) is 35.9 Å². The van der Waals surface area contributed by atoms with Gasteiger partial charge in [-0.15, -0.1) is 0 Å². The van der Waals surface area contributed by atoms with Crippen LogP contribution in [0.2, 0.25) is 5.02 Å². The molecule has 19 heavy (non-hydrogen) atoms. The molecule has 1 aliphatic heterocycles. The minimum atomic E-state index is -0.0169. The molecule has 1 aromatic carbocycles. The quantitative estimate of drug-likeness (QED) is 0.870. The van der Waals surface area contributed by atoms with E-state index in [1.807, 2.05) is 24.0 Å². The number of nitrogens with one attached hydrogen (secondary N) is 1. The summed E-state index contributed by atoms with van der Waals surface area (Å²) in [6.45, 7) is 4.81. The number of hydrogen-bond acceptors (Lipinski definition) is 2. The highest BCUT2D eigenvalue weighted by atomic mass is 35.5. The summed E-state index contributed by atoms with van der Waals surface area (Å²) in [5.41, 5.74) is 2.55. The van der Waals surface area contributed by atoms with Gasteiger partial charge in [0.25, 0.3) is 5.91 Å². The highest BCUT2D eigenvalue weighted by Crippen LogP contribution is 2.25. The normalized spacial score (nSPS) is 19.3. The summed E-state index contributed by atoms with van der Waals surface area (Å²) < 4.78 is 0. The Kier molecular flexibility index (Phi) is 2.97. The molecule has 0 aliphatic carbocycles. The summed E-state index contributed by atoms with van der Waals surface area (Å²) in [6.07, 6.45) is 2.13. The van der Waals surface area contributed by atoms with Crippen molar-refractivity contribution in [1.29, 1.82) is 0 Å². The summed E-state index contributed by atoms with van der Waals surface area (Å²) >= 11 is 6.08. The fourth-order valence-corrected chi connectivity index (χ4v) is 2.81. The lowest BCUT2D eigenvalue weighted by molar-refractivity contribution is 0.0736. The number of carbonyl (C=O) groups excluding carboxylic acids is 1. The standard InChI is InChI=1S/C14H16ClN3O/c1-8-4-3-7-18(8)14(19)13-16-11-6-5-10(15)9(2)12(11)17-13/h5-6,8H,3-4,7H2,1-2H3,(H,16,17). The van der Waals surface area contributed by atoms with E-state index in [4.69, 9.17) is 11.6 Å². The Bertz CT molecular complexity index is 649. The fraction of sp³-hybridized carbons (Fsp3) is 0.429. The average molecular weight is 278 g/mol. The second-order valence-electron chi connectivity index (χ2n) is 5.14. The molecule has 2 heterocycles. The zero-order valence-corrected chi connectivity index (χ0v) is 11.8. The molecule has 1 aliphatic rings. The molecule has 3 rings (SSSR count). The molecule has 0 saturated carbocycles. The summed E-state index contributed by atoms with van der Waals surface area (Å²) in [5.74, 6) is 0.394. The third-order valence-electron chi connectivity index (χ3n) is 3.86. The first-order valence-corrected chi connectivity index (χ1v) is 6.91. The lowest BCUT2D eigenvalue weighted by Crippen LogP contribution is -2.34. The molecule has 1 unspecified atom stereocenters. The van der Waals surface area contributed by atoms with Crippen LogP contribution >= 0.6 is 11.6 Å². The number of aromatic nitrogens is 2. The topological polar surface area (TPSA) is 49.0 Å². The molecule has 0 spiro atoms. The van der Waals surface area contributed by atoms with E-state index in [9.17, 15) is 4.79 Å². The number of nitrogens with zero attached hydrogens (tertiary/aromatic N) is 2. The van der Waals surface area contributed by atoms with E-state index in [1.165, 1.54) is 0 Å². The molecule has 2 aromatic rings.